The minimum absolute atomic E-state index is 0.311. The van der Waals surface area contributed by atoms with Gasteiger partial charge in [0.25, 0.3) is 6.43 Å². The van der Waals surface area contributed by atoms with Crippen molar-refractivity contribution in [2.45, 2.75) is 12.5 Å². The quantitative estimate of drug-likeness (QED) is 0.797. The molecule has 1 rings (SSSR count). The van der Waals surface area contributed by atoms with Crippen LogP contribution in [0.15, 0.2) is 18.2 Å². The van der Waals surface area contributed by atoms with Crippen molar-refractivity contribution in [3.8, 4) is 0 Å². The molecule has 1 aromatic rings. The molecule has 2 nitrogen and oxygen atoms in total. The van der Waals surface area contributed by atoms with Crippen LogP contribution in [0.4, 0.5) is 17.6 Å². The lowest BCUT2D eigenvalue weighted by atomic mass is 10.1. The third kappa shape index (κ3) is 3.46. The van der Waals surface area contributed by atoms with Gasteiger partial charge < -0.3 is 9.84 Å². The first-order chi connectivity index (χ1) is 7.52. The maximum Gasteiger partial charge on any atom is 0.261 e. The highest BCUT2D eigenvalue weighted by Crippen LogP contribution is 2.19. The van der Waals surface area contributed by atoms with Crippen molar-refractivity contribution in [3.05, 3.63) is 35.4 Å². The van der Waals surface area contributed by atoms with Gasteiger partial charge in [0.1, 0.15) is 12.7 Å². The van der Waals surface area contributed by atoms with Crippen LogP contribution in [0.25, 0.3) is 0 Å². The van der Waals surface area contributed by atoms with E-state index in [2.05, 4.69) is 4.74 Å². The lowest BCUT2D eigenvalue weighted by Crippen LogP contribution is -2.13. The van der Waals surface area contributed by atoms with Crippen molar-refractivity contribution >= 4 is 0 Å². The Hall–Kier alpha value is -1.14. The molecule has 0 radical (unpaired) electrons. The van der Waals surface area contributed by atoms with Gasteiger partial charge in [0.15, 0.2) is 11.6 Å². The minimum Gasteiger partial charge on any atom is -0.386 e. The predicted octanol–water partition coefficient (Wildman–Crippen LogP) is 2.28. The number of aliphatic hydroxyl groups is 1. The topological polar surface area (TPSA) is 29.5 Å². The number of aliphatic hydroxyl groups excluding tert-OH is 1. The zero-order valence-electron chi connectivity index (χ0n) is 8.17. The van der Waals surface area contributed by atoms with E-state index in [4.69, 9.17) is 0 Å². The van der Waals surface area contributed by atoms with E-state index >= 15 is 0 Å². The van der Waals surface area contributed by atoms with Crippen LogP contribution in [0.3, 0.4) is 0 Å². The molecule has 16 heavy (non-hydrogen) atoms. The van der Waals surface area contributed by atoms with Crippen molar-refractivity contribution in [1.29, 1.82) is 0 Å². The van der Waals surface area contributed by atoms with Gasteiger partial charge in [-0.2, -0.15) is 0 Å². The molecule has 0 spiro atoms. The summed E-state index contributed by atoms with van der Waals surface area (Å²) < 4.78 is 53.6. The van der Waals surface area contributed by atoms with Crippen LogP contribution in [-0.4, -0.2) is 24.7 Å². The zero-order valence-corrected chi connectivity index (χ0v) is 8.17. The number of halogens is 4. The highest BCUT2D eigenvalue weighted by Gasteiger charge is 2.16. The third-order valence-corrected chi connectivity index (χ3v) is 1.86. The molecule has 0 aromatic heterocycles. The summed E-state index contributed by atoms with van der Waals surface area (Å²) in [5, 5.41) is 9.36. The molecule has 1 unspecified atom stereocenters. The summed E-state index contributed by atoms with van der Waals surface area (Å²) in [5.74, 6) is -2.30. The summed E-state index contributed by atoms with van der Waals surface area (Å²) >= 11 is 0. The monoisotopic (exact) mass is 238 g/mol. The molecule has 0 saturated heterocycles. The Morgan fingerprint density at radius 3 is 2.50 bits per heavy atom. The van der Waals surface area contributed by atoms with Gasteiger partial charge in [-0.25, -0.2) is 17.6 Å². The highest BCUT2D eigenvalue weighted by molar-refractivity contribution is 5.21. The second-order valence-corrected chi connectivity index (χ2v) is 3.09. The maximum atomic E-state index is 13.1. The highest BCUT2D eigenvalue weighted by atomic mass is 19.3. The van der Waals surface area contributed by atoms with E-state index < -0.39 is 37.4 Å². The standard InChI is InChI=1S/C10H10F4O2/c11-7-3-1-2-6(10(7)14)8(15)4-16-5-9(12)13/h1-3,8-9,15H,4-5H2. The third-order valence-electron chi connectivity index (χ3n) is 1.86. The second kappa shape index (κ2) is 5.81. The lowest BCUT2D eigenvalue weighted by Gasteiger charge is -2.12. The van der Waals surface area contributed by atoms with Crippen molar-refractivity contribution in [2.75, 3.05) is 13.2 Å². The smallest absolute Gasteiger partial charge is 0.261 e. The van der Waals surface area contributed by atoms with E-state index in [0.717, 1.165) is 12.1 Å². The summed E-state index contributed by atoms with van der Waals surface area (Å²) in [6, 6.07) is 3.27. The summed E-state index contributed by atoms with van der Waals surface area (Å²) in [4.78, 5) is 0. The first-order valence-electron chi connectivity index (χ1n) is 4.50. The number of ether oxygens (including phenoxy) is 1. The van der Waals surface area contributed by atoms with E-state index in [1.165, 1.54) is 6.07 Å². The molecule has 0 aliphatic carbocycles. The van der Waals surface area contributed by atoms with E-state index in [-0.39, 0.29) is 5.56 Å². The van der Waals surface area contributed by atoms with Crippen LogP contribution in [0.5, 0.6) is 0 Å². The molecule has 0 heterocycles. The van der Waals surface area contributed by atoms with Gasteiger partial charge in [0.05, 0.1) is 6.61 Å². The summed E-state index contributed by atoms with van der Waals surface area (Å²) in [6.45, 7) is -1.36. The van der Waals surface area contributed by atoms with Gasteiger partial charge >= 0.3 is 0 Å². The van der Waals surface area contributed by atoms with Crippen molar-refractivity contribution < 1.29 is 27.4 Å². The van der Waals surface area contributed by atoms with E-state index in [1.54, 1.807) is 0 Å². The van der Waals surface area contributed by atoms with Gasteiger partial charge in [-0.05, 0) is 6.07 Å². The second-order valence-electron chi connectivity index (χ2n) is 3.09. The van der Waals surface area contributed by atoms with Gasteiger partial charge in [-0.15, -0.1) is 0 Å². The van der Waals surface area contributed by atoms with Gasteiger partial charge in [0, 0.05) is 5.56 Å². The molecule has 6 heteroatoms. The molecule has 90 valence electrons. The number of benzene rings is 1. The van der Waals surface area contributed by atoms with Crippen molar-refractivity contribution in [3.63, 3.8) is 0 Å². The predicted molar refractivity (Wildman–Crippen MR) is 48.1 cm³/mol. The first-order valence-corrected chi connectivity index (χ1v) is 4.50. The molecular weight excluding hydrogens is 228 g/mol. The Balaban J connectivity index is 2.59. The van der Waals surface area contributed by atoms with Gasteiger partial charge in [-0.1, -0.05) is 12.1 Å². The van der Waals surface area contributed by atoms with Crippen LogP contribution in [0.2, 0.25) is 0 Å². The Morgan fingerprint density at radius 1 is 1.19 bits per heavy atom. The largest absolute Gasteiger partial charge is 0.386 e. The Labute approximate surface area is 89.5 Å². The number of hydrogen-bond donors (Lipinski definition) is 1. The van der Waals surface area contributed by atoms with Crippen molar-refractivity contribution in [2.24, 2.45) is 0 Å². The molecule has 0 amide bonds. The normalized spacial score (nSPS) is 13.1. The fraction of sp³-hybridized carbons (Fsp3) is 0.400. The van der Waals surface area contributed by atoms with Crippen LogP contribution in [0.1, 0.15) is 11.7 Å². The average Bonchev–Trinajstić information content (AvgIpc) is 2.21. The Bertz CT molecular complexity index is 344. The van der Waals surface area contributed by atoms with E-state index in [1.807, 2.05) is 0 Å². The molecule has 0 aliphatic rings. The Morgan fingerprint density at radius 2 is 1.88 bits per heavy atom. The minimum atomic E-state index is -2.66. The first kappa shape index (κ1) is 12.9. The SMILES string of the molecule is OC(COCC(F)F)c1cccc(F)c1F. The molecule has 0 aliphatic heterocycles. The Kier molecular flexibility index (Phi) is 4.70. The average molecular weight is 238 g/mol. The van der Waals surface area contributed by atoms with Gasteiger partial charge in [-0.3, -0.25) is 0 Å². The van der Waals surface area contributed by atoms with E-state index in [9.17, 15) is 22.7 Å². The molecule has 0 fully saturated rings. The summed E-state index contributed by atoms with van der Waals surface area (Å²) in [6.07, 6.45) is -4.13. The van der Waals surface area contributed by atoms with Crippen LogP contribution in [0, 0.1) is 11.6 Å². The molecule has 1 atom stereocenters. The molecule has 1 N–H and O–H groups in total. The number of alkyl halides is 2. The molecule has 1 aromatic carbocycles. The molecule has 0 saturated carbocycles. The van der Waals surface area contributed by atoms with E-state index in [0.29, 0.717) is 0 Å². The summed E-state index contributed by atoms with van der Waals surface area (Å²) in [5.41, 5.74) is -0.311. The maximum absolute atomic E-state index is 13.1. The van der Waals surface area contributed by atoms with Crippen LogP contribution in [-0.2, 0) is 4.74 Å². The lowest BCUT2D eigenvalue weighted by molar-refractivity contribution is -0.0213. The molecular formula is C10H10F4O2. The number of rotatable bonds is 5. The fourth-order valence-electron chi connectivity index (χ4n) is 1.14. The van der Waals surface area contributed by atoms with Gasteiger partial charge in [0.2, 0.25) is 0 Å². The number of hydrogen-bond acceptors (Lipinski definition) is 2. The summed E-state index contributed by atoms with van der Waals surface area (Å²) in [7, 11) is 0. The van der Waals surface area contributed by atoms with Crippen LogP contribution >= 0.6 is 0 Å². The fourth-order valence-corrected chi connectivity index (χ4v) is 1.14. The molecule has 0 bridgehead atoms. The zero-order chi connectivity index (χ0) is 12.1. The van der Waals surface area contributed by atoms with Crippen LogP contribution < -0.4 is 0 Å². The van der Waals surface area contributed by atoms with Crippen molar-refractivity contribution in [1.82, 2.24) is 0 Å².